The van der Waals surface area contributed by atoms with Crippen molar-refractivity contribution < 1.29 is 14.6 Å². The second kappa shape index (κ2) is 5.96. The predicted molar refractivity (Wildman–Crippen MR) is 63.5 cm³/mol. The molecule has 3 atom stereocenters. The standard InChI is InChI=1S/C12H25NO3/c1-9-5-11(6-10(2)16-9)15-8-12(3,7-14)13-4/h9-11,13-14H,5-8H2,1-4H3. The number of likely N-dealkylation sites (N-methyl/N-ethyl adjacent to an activating group) is 1. The number of rotatable bonds is 5. The first-order chi connectivity index (χ1) is 7.49. The van der Waals surface area contributed by atoms with Gasteiger partial charge in [0, 0.05) is 0 Å². The topological polar surface area (TPSA) is 50.7 Å². The van der Waals surface area contributed by atoms with Crippen LogP contribution in [-0.4, -0.2) is 49.2 Å². The molecule has 1 aliphatic heterocycles. The predicted octanol–water partition coefficient (Wildman–Crippen LogP) is 0.929. The van der Waals surface area contributed by atoms with E-state index < -0.39 is 0 Å². The average Bonchev–Trinajstić information content (AvgIpc) is 2.25. The molecule has 4 nitrogen and oxygen atoms in total. The molecule has 1 fully saturated rings. The molecule has 0 aromatic rings. The summed E-state index contributed by atoms with van der Waals surface area (Å²) in [4.78, 5) is 0. The highest BCUT2D eigenvalue weighted by Crippen LogP contribution is 2.22. The summed E-state index contributed by atoms with van der Waals surface area (Å²) >= 11 is 0. The Balaban J connectivity index is 2.36. The minimum Gasteiger partial charge on any atom is -0.394 e. The van der Waals surface area contributed by atoms with Gasteiger partial charge in [0.2, 0.25) is 0 Å². The zero-order valence-electron chi connectivity index (χ0n) is 10.8. The average molecular weight is 231 g/mol. The van der Waals surface area contributed by atoms with Crippen molar-refractivity contribution in [3.63, 3.8) is 0 Å². The summed E-state index contributed by atoms with van der Waals surface area (Å²) < 4.78 is 11.5. The number of hydrogen-bond donors (Lipinski definition) is 2. The van der Waals surface area contributed by atoms with E-state index in [4.69, 9.17) is 9.47 Å². The summed E-state index contributed by atoms with van der Waals surface area (Å²) in [5.74, 6) is 0. The van der Waals surface area contributed by atoms with Gasteiger partial charge in [0.1, 0.15) is 0 Å². The van der Waals surface area contributed by atoms with Crippen molar-refractivity contribution in [2.24, 2.45) is 0 Å². The Hall–Kier alpha value is -0.160. The molecule has 16 heavy (non-hydrogen) atoms. The van der Waals surface area contributed by atoms with Gasteiger partial charge in [0.05, 0.1) is 37.1 Å². The fraction of sp³-hybridized carbons (Fsp3) is 1.00. The van der Waals surface area contributed by atoms with Crippen molar-refractivity contribution in [1.29, 1.82) is 0 Å². The normalized spacial score (nSPS) is 34.7. The van der Waals surface area contributed by atoms with Crippen LogP contribution in [0.3, 0.4) is 0 Å². The summed E-state index contributed by atoms with van der Waals surface area (Å²) in [5.41, 5.74) is -0.342. The van der Waals surface area contributed by atoms with Gasteiger partial charge in [-0.1, -0.05) is 0 Å². The van der Waals surface area contributed by atoms with E-state index in [1.165, 1.54) is 0 Å². The lowest BCUT2D eigenvalue weighted by molar-refractivity contribution is -0.112. The van der Waals surface area contributed by atoms with Crippen molar-refractivity contribution in [2.75, 3.05) is 20.3 Å². The summed E-state index contributed by atoms with van der Waals surface area (Å²) in [6.45, 7) is 6.73. The third kappa shape index (κ3) is 4.01. The van der Waals surface area contributed by atoms with Crippen molar-refractivity contribution in [2.45, 2.75) is 57.5 Å². The second-order valence-corrected chi connectivity index (χ2v) is 5.13. The summed E-state index contributed by atoms with van der Waals surface area (Å²) in [6.07, 6.45) is 2.66. The van der Waals surface area contributed by atoms with Crippen LogP contribution in [0, 0.1) is 0 Å². The van der Waals surface area contributed by atoms with Gasteiger partial charge in [-0.25, -0.2) is 0 Å². The van der Waals surface area contributed by atoms with Crippen LogP contribution < -0.4 is 5.32 Å². The van der Waals surface area contributed by atoms with Crippen LogP contribution in [0.5, 0.6) is 0 Å². The summed E-state index contributed by atoms with van der Waals surface area (Å²) in [5, 5.41) is 12.3. The van der Waals surface area contributed by atoms with E-state index in [1.807, 2.05) is 14.0 Å². The second-order valence-electron chi connectivity index (χ2n) is 5.13. The zero-order chi connectivity index (χ0) is 12.2. The first-order valence-corrected chi connectivity index (χ1v) is 6.06. The molecule has 2 N–H and O–H groups in total. The van der Waals surface area contributed by atoms with Crippen molar-refractivity contribution in [3.05, 3.63) is 0 Å². The van der Waals surface area contributed by atoms with Gasteiger partial charge < -0.3 is 19.9 Å². The molecule has 1 heterocycles. The van der Waals surface area contributed by atoms with E-state index in [2.05, 4.69) is 19.2 Å². The molecular formula is C12H25NO3. The smallest absolute Gasteiger partial charge is 0.0671 e. The first kappa shape index (κ1) is 13.9. The number of nitrogens with one attached hydrogen (secondary N) is 1. The van der Waals surface area contributed by atoms with Gasteiger partial charge in [-0.3, -0.25) is 0 Å². The molecule has 1 rings (SSSR count). The molecule has 0 aromatic carbocycles. The highest BCUT2D eigenvalue weighted by atomic mass is 16.5. The van der Waals surface area contributed by atoms with Crippen molar-refractivity contribution in [3.8, 4) is 0 Å². The molecule has 0 saturated carbocycles. The SMILES string of the molecule is CNC(C)(CO)COC1CC(C)OC(C)C1. The lowest BCUT2D eigenvalue weighted by Crippen LogP contribution is -2.49. The molecule has 96 valence electrons. The quantitative estimate of drug-likeness (QED) is 0.739. The molecule has 0 radical (unpaired) electrons. The molecule has 0 amide bonds. The van der Waals surface area contributed by atoms with Crippen LogP contribution in [0.2, 0.25) is 0 Å². The molecule has 1 aliphatic rings. The van der Waals surface area contributed by atoms with E-state index in [0.29, 0.717) is 6.61 Å². The van der Waals surface area contributed by atoms with Crippen LogP contribution in [0.15, 0.2) is 0 Å². The van der Waals surface area contributed by atoms with Gasteiger partial charge in [-0.15, -0.1) is 0 Å². The van der Waals surface area contributed by atoms with E-state index in [9.17, 15) is 5.11 Å². The minimum atomic E-state index is -0.342. The Kier molecular flexibility index (Phi) is 5.18. The number of aliphatic hydroxyl groups excluding tert-OH is 1. The molecule has 0 aromatic heterocycles. The van der Waals surface area contributed by atoms with E-state index in [1.54, 1.807) is 0 Å². The van der Waals surface area contributed by atoms with Crippen LogP contribution in [0.25, 0.3) is 0 Å². The first-order valence-electron chi connectivity index (χ1n) is 6.06. The molecule has 4 heteroatoms. The lowest BCUT2D eigenvalue weighted by atomic mass is 10.0. The van der Waals surface area contributed by atoms with Crippen LogP contribution >= 0.6 is 0 Å². The molecular weight excluding hydrogens is 206 g/mol. The molecule has 0 bridgehead atoms. The maximum absolute atomic E-state index is 9.25. The van der Waals surface area contributed by atoms with Gasteiger partial charge in [0.15, 0.2) is 0 Å². The fourth-order valence-corrected chi connectivity index (χ4v) is 1.98. The lowest BCUT2D eigenvalue weighted by Gasteiger charge is -2.35. The molecule has 0 aliphatic carbocycles. The Morgan fingerprint density at radius 2 is 1.94 bits per heavy atom. The Morgan fingerprint density at radius 3 is 2.38 bits per heavy atom. The molecule has 1 saturated heterocycles. The maximum atomic E-state index is 9.25. The molecule has 0 spiro atoms. The van der Waals surface area contributed by atoms with E-state index >= 15 is 0 Å². The maximum Gasteiger partial charge on any atom is 0.0671 e. The minimum absolute atomic E-state index is 0.0812. The van der Waals surface area contributed by atoms with Crippen LogP contribution in [-0.2, 0) is 9.47 Å². The van der Waals surface area contributed by atoms with Gasteiger partial charge in [0.25, 0.3) is 0 Å². The highest BCUT2D eigenvalue weighted by Gasteiger charge is 2.28. The summed E-state index contributed by atoms with van der Waals surface area (Å²) in [7, 11) is 1.84. The Morgan fingerprint density at radius 1 is 1.38 bits per heavy atom. The fourth-order valence-electron chi connectivity index (χ4n) is 1.98. The zero-order valence-corrected chi connectivity index (χ0v) is 10.8. The monoisotopic (exact) mass is 231 g/mol. The van der Waals surface area contributed by atoms with Crippen molar-refractivity contribution in [1.82, 2.24) is 5.32 Å². The van der Waals surface area contributed by atoms with E-state index in [-0.39, 0.29) is 30.5 Å². The number of aliphatic hydroxyl groups is 1. The largest absolute Gasteiger partial charge is 0.394 e. The Bertz CT molecular complexity index is 196. The van der Waals surface area contributed by atoms with Crippen LogP contribution in [0.4, 0.5) is 0 Å². The highest BCUT2D eigenvalue weighted by molar-refractivity contribution is 4.82. The summed E-state index contributed by atoms with van der Waals surface area (Å²) in [6, 6.07) is 0. The van der Waals surface area contributed by atoms with Gasteiger partial charge >= 0.3 is 0 Å². The Labute approximate surface area is 98.3 Å². The van der Waals surface area contributed by atoms with Crippen LogP contribution in [0.1, 0.15) is 33.6 Å². The van der Waals surface area contributed by atoms with E-state index in [0.717, 1.165) is 12.8 Å². The third-order valence-corrected chi connectivity index (χ3v) is 3.24. The third-order valence-electron chi connectivity index (χ3n) is 3.24. The number of hydrogen-bond acceptors (Lipinski definition) is 4. The van der Waals surface area contributed by atoms with Gasteiger partial charge in [-0.05, 0) is 40.7 Å². The van der Waals surface area contributed by atoms with Gasteiger partial charge in [-0.2, -0.15) is 0 Å². The van der Waals surface area contributed by atoms with Crippen molar-refractivity contribution >= 4 is 0 Å². The molecule has 3 unspecified atom stereocenters. The number of ether oxygens (including phenoxy) is 2.